The third kappa shape index (κ3) is 4.60. The molecule has 6 nitrogen and oxygen atoms in total. The highest BCUT2D eigenvalue weighted by atomic mass is 16.5. The number of aromatic nitrogens is 1. The summed E-state index contributed by atoms with van der Waals surface area (Å²) in [5, 5.41) is 6.75. The van der Waals surface area contributed by atoms with Crippen LogP contribution in [-0.4, -0.2) is 34.7 Å². The van der Waals surface area contributed by atoms with E-state index in [2.05, 4.69) is 38.3 Å². The summed E-state index contributed by atoms with van der Waals surface area (Å²) in [5.74, 6) is 0.194. The Hall–Kier alpha value is -1.82. The third-order valence-electron chi connectivity index (χ3n) is 4.40. The normalized spacial score (nSPS) is 19.8. The Kier molecular flexibility index (Phi) is 5.08. The average Bonchev–Trinajstić information content (AvgIpc) is 2.38. The number of pyridine rings is 1. The molecule has 0 aromatic carbocycles. The number of hydrogen-bond donors (Lipinski definition) is 2. The minimum atomic E-state index is -0.173. The first-order chi connectivity index (χ1) is 11.0. The van der Waals surface area contributed by atoms with Gasteiger partial charge in [0.05, 0.1) is 13.3 Å². The topological polar surface area (TPSA) is 72.4 Å². The molecule has 1 amide bonds. The molecular formula is C18H29N3O3. The molecule has 1 aliphatic rings. The second-order valence-corrected chi connectivity index (χ2v) is 8.04. The van der Waals surface area contributed by atoms with Crippen LogP contribution >= 0.6 is 0 Å². The van der Waals surface area contributed by atoms with Crippen LogP contribution in [0.5, 0.6) is 5.75 Å². The number of nitrogens with zero attached hydrogens (tertiary/aromatic N) is 1. The Bertz CT molecular complexity index is 661. The summed E-state index contributed by atoms with van der Waals surface area (Å²) in [4.78, 5) is 24.2. The van der Waals surface area contributed by atoms with Crippen molar-refractivity contribution >= 4 is 5.91 Å². The lowest BCUT2D eigenvalue weighted by Crippen LogP contribution is -2.62. The number of hydrogen-bond acceptors (Lipinski definition) is 4. The summed E-state index contributed by atoms with van der Waals surface area (Å²) >= 11 is 0. The molecule has 134 valence electrons. The quantitative estimate of drug-likeness (QED) is 0.876. The zero-order chi connectivity index (χ0) is 18.1. The second-order valence-electron chi connectivity index (χ2n) is 8.04. The summed E-state index contributed by atoms with van der Waals surface area (Å²) in [6.45, 7) is 10.6. The number of carbonyl (C=O) groups excluding carboxylic acids is 1. The van der Waals surface area contributed by atoms with Gasteiger partial charge in [-0.3, -0.25) is 9.59 Å². The molecule has 0 saturated carbocycles. The largest absolute Gasteiger partial charge is 0.491 e. The van der Waals surface area contributed by atoms with Crippen LogP contribution in [0, 0.1) is 6.92 Å². The molecule has 2 N–H and O–H groups in total. The summed E-state index contributed by atoms with van der Waals surface area (Å²) in [6, 6.07) is 1.62. The third-order valence-corrected chi connectivity index (χ3v) is 4.40. The second kappa shape index (κ2) is 6.59. The van der Waals surface area contributed by atoms with Crippen LogP contribution in [0.3, 0.4) is 0 Å². The van der Waals surface area contributed by atoms with E-state index in [1.54, 1.807) is 10.8 Å². The zero-order valence-electron chi connectivity index (χ0n) is 15.5. The zero-order valence-corrected chi connectivity index (χ0v) is 15.5. The van der Waals surface area contributed by atoms with E-state index in [4.69, 9.17) is 4.74 Å². The van der Waals surface area contributed by atoms with E-state index in [1.165, 1.54) is 13.2 Å². The molecule has 1 aliphatic heterocycles. The summed E-state index contributed by atoms with van der Waals surface area (Å²) in [5.41, 5.74) is 0.530. The predicted octanol–water partition coefficient (Wildman–Crippen LogP) is 1.59. The molecule has 0 bridgehead atoms. The van der Waals surface area contributed by atoms with Gasteiger partial charge in [-0.2, -0.15) is 0 Å². The van der Waals surface area contributed by atoms with Gasteiger partial charge < -0.3 is 19.9 Å². The highest BCUT2D eigenvalue weighted by Crippen LogP contribution is 2.28. The monoisotopic (exact) mass is 335 g/mol. The SMILES string of the molecule is COc1cn(CC(=O)NC2CC(C)(C)NC(C)(C)C2)c(C)cc1=O. The lowest BCUT2D eigenvalue weighted by atomic mass is 9.79. The molecule has 0 spiro atoms. The highest BCUT2D eigenvalue weighted by molar-refractivity contribution is 5.76. The van der Waals surface area contributed by atoms with Gasteiger partial charge in [-0.25, -0.2) is 0 Å². The van der Waals surface area contributed by atoms with Crippen LogP contribution in [0.2, 0.25) is 0 Å². The van der Waals surface area contributed by atoms with Crippen molar-refractivity contribution in [2.75, 3.05) is 7.11 Å². The number of methoxy groups -OCH3 is 1. The Labute approximate surface area is 143 Å². The number of aryl methyl sites for hydroxylation is 1. The molecule has 6 heteroatoms. The van der Waals surface area contributed by atoms with Crippen LogP contribution in [0.15, 0.2) is 17.1 Å². The van der Waals surface area contributed by atoms with Gasteiger partial charge in [-0.15, -0.1) is 0 Å². The van der Waals surface area contributed by atoms with E-state index in [1.807, 2.05) is 6.92 Å². The van der Waals surface area contributed by atoms with Gasteiger partial charge >= 0.3 is 0 Å². The van der Waals surface area contributed by atoms with Crippen LogP contribution in [0.1, 0.15) is 46.2 Å². The first-order valence-corrected chi connectivity index (χ1v) is 8.35. The number of nitrogens with one attached hydrogen (secondary N) is 2. The number of amides is 1. The minimum Gasteiger partial charge on any atom is -0.491 e. The molecule has 1 saturated heterocycles. The summed E-state index contributed by atoms with van der Waals surface area (Å²) in [6.07, 6.45) is 3.36. The van der Waals surface area contributed by atoms with Crippen molar-refractivity contribution in [3.8, 4) is 5.75 Å². The fraction of sp³-hybridized carbons (Fsp3) is 0.667. The maximum Gasteiger partial charge on any atom is 0.240 e. The molecule has 1 aromatic rings. The van der Waals surface area contributed by atoms with Gasteiger partial charge in [0, 0.05) is 28.9 Å². The van der Waals surface area contributed by atoms with Crippen molar-refractivity contribution < 1.29 is 9.53 Å². The van der Waals surface area contributed by atoms with E-state index in [9.17, 15) is 9.59 Å². The Balaban J connectivity index is 2.07. The standard InChI is InChI=1S/C18H29N3O3/c1-12-7-14(22)15(24-6)10-21(12)11-16(23)19-13-8-17(2,3)20-18(4,5)9-13/h7,10,13,20H,8-9,11H2,1-6H3,(H,19,23). The molecule has 1 aromatic heterocycles. The van der Waals surface area contributed by atoms with Crippen molar-refractivity contribution in [1.29, 1.82) is 0 Å². The molecule has 0 unspecified atom stereocenters. The highest BCUT2D eigenvalue weighted by Gasteiger charge is 2.38. The average molecular weight is 335 g/mol. The van der Waals surface area contributed by atoms with Crippen molar-refractivity contribution in [3.63, 3.8) is 0 Å². The Morgan fingerprint density at radius 1 is 1.33 bits per heavy atom. The molecule has 0 radical (unpaired) electrons. The summed E-state index contributed by atoms with van der Waals surface area (Å²) in [7, 11) is 1.45. The van der Waals surface area contributed by atoms with Gasteiger partial charge in [0.1, 0.15) is 6.54 Å². The van der Waals surface area contributed by atoms with Gasteiger partial charge in [0.2, 0.25) is 11.3 Å². The van der Waals surface area contributed by atoms with Gasteiger partial charge in [0.25, 0.3) is 0 Å². The van der Waals surface area contributed by atoms with E-state index < -0.39 is 0 Å². The molecule has 1 fully saturated rings. The molecule has 24 heavy (non-hydrogen) atoms. The predicted molar refractivity (Wildman–Crippen MR) is 94.4 cm³/mol. The van der Waals surface area contributed by atoms with Crippen molar-refractivity contribution in [3.05, 3.63) is 28.2 Å². The fourth-order valence-corrected chi connectivity index (χ4v) is 3.83. The molecule has 0 aliphatic carbocycles. The lowest BCUT2D eigenvalue weighted by molar-refractivity contribution is -0.123. The Morgan fingerprint density at radius 2 is 1.92 bits per heavy atom. The lowest BCUT2D eigenvalue weighted by Gasteiger charge is -2.46. The van der Waals surface area contributed by atoms with E-state index in [0.29, 0.717) is 0 Å². The number of piperidine rings is 1. The smallest absolute Gasteiger partial charge is 0.240 e. The Morgan fingerprint density at radius 3 is 2.46 bits per heavy atom. The maximum atomic E-state index is 12.5. The van der Waals surface area contributed by atoms with Crippen LogP contribution in [-0.2, 0) is 11.3 Å². The first kappa shape index (κ1) is 18.5. The minimum absolute atomic E-state index is 0.0177. The molecule has 0 atom stereocenters. The van der Waals surface area contributed by atoms with Crippen molar-refractivity contribution in [1.82, 2.24) is 15.2 Å². The first-order valence-electron chi connectivity index (χ1n) is 8.35. The van der Waals surface area contributed by atoms with Crippen LogP contribution in [0.4, 0.5) is 0 Å². The van der Waals surface area contributed by atoms with Crippen LogP contribution in [0.25, 0.3) is 0 Å². The fourth-order valence-electron chi connectivity index (χ4n) is 3.83. The molecular weight excluding hydrogens is 306 g/mol. The van der Waals surface area contributed by atoms with Gasteiger partial charge in [0.15, 0.2) is 5.75 Å². The van der Waals surface area contributed by atoms with Gasteiger partial charge in [-0.1, -0.05) is 0 Å². The molecule has 2 heterocycles. The number of carbonyl (C=O) groups is 1. The van der Waals surface area contributed by atoms with E-state index in [-0.39, 0.29) is 40.7 Å². The maximum absolute atomic E-state index is 12.5. The van der Waals surface area contributed by atoms with E-state index in [0.717, 1.165) is 18.5 Å². The van der Waals surface area contributed by atoms with Crippen molar-refractivity contribution in [2.45, 2.75) is 71.1 Å². The number of rotatable bonds is 4. The van der Waals surface area contributed by atoms with Gasteiger partial charge in [-0.05, 0) is 47.5 Å². The molecule has 2 rings (SSSR count). The van der Waals surface area contributed by atoms with Crippen LogP contribution < -0.4 is 20.8 Å². The summed E-state index contributed by atoms with van der Waals surface area (Å²) < 4.78 is 6.80. The van der Waals surface area contributed by atoms with Crippen molar-refractivity contribution in [2.24, 2.45) is 0 Å². The van der Waals surface area contributed by atoms with E-state index >= 15 is 0 Å². The number of ether oxygens (including phenoxy) is 1.